The van der Waals surface area contributed by atoms with E-state index in [1.165, 1.54) is 0 Å². The zero-order valence-corrected chi connectivity index (χ0v) is 14.2. The van der Waals surface area contributed by atoms with E-state index < -0.39 is 0 Å². The van der Waals surface area contributed by atoms with Crippen molar-refractivity contribution in [1.29, 1.82) is 0 Å². The number of carbonyl (C=O) groups excluding carboxylic acids is 1. The van der Waals surface area contributed by atoms with Gasteiger partial charge in [-0.3, -0.25) is 4.79 Å². The molecule has 8 heteroatoms. The van der Waals surface area contributed by atoms with Crippen LogP contribution in [0.25, 0.3) is 20.9 Å². The van der Waals surface area contributed by atoms with Gasteiger partial charge < -0.3 is 5.32 Å². The van der Waals surface area contributed by atoms with Crippen molar-refractivity contribution < 1.29 is 4.79 Å². The second-order valence-electron chi connectivity index (χ2n) is 5.07. The van der Waals surface area contributed by atoms with Gasteiger partial charge in [0.1, 0.15) is 20.2 Å². The molecule has 0 saturated heterocycles. The first-order valence-electron chi connectivity index (χ1n) is 7.13. The predicted molar refractivity (Wildman–Crippen MR) is 95.5 cm³/mol. The third kappa shape index (κ3) is 2.77. The topological polar surface area (TPSA) is 80.7 Å². The van der Waals surface area contributed by atoms with Crippen LogP contribution in [-0.2, 0) is 0 Å². The van der Waals surface area contributed by atoms with E-state index in [9.17, 15) is 4.79 Å². The molecule has 0 fully saturated rings. The molecule has 4 rings (SSSR count). The molecule has 0 atom stereocenters. The maximum Gasteiger partial charge on any atom is 0.269 e. The number of nitrogens with one attached hydrogen (secondary N) is 1. The molecule has 6 nitrogen and oxygen atoms in total. The summed E-state index contributed by atoms with van der Waals surface area (Å²) in [4.78, 5) is 22.5. The maximum absolute atomic E-state index is 12.2. The lowest BCUT2D eigenvalue weighted by Crippen LogP contribution is -2.11. The van der Waals surface area contributed by atoms with E-state index in [4.69, 9.17) is 0 Å². The Morgan fingerprint density at radius 1 is 1.17 bits per heavy atom. The van der Waals surface area contributed by atoms with Gasteiger partial charge in [0.25, 0.3) is 5.91 Å². The fraction of sp³-hybridized carbons (Fsp3) is 0.0625. The van der Waals surface area contributed by atoms with E-state index in [1.807, 2.05) is 36.4 Å². The van der Waals surface area contributed by atoms with Crippen LogP contribution in [-0.4, -0.2) is 25.5 Å². The van der Waals surface area contributed by atoms with Gasteiger partial charge in [0.2, 0.25) is 0 Å². The molecule has 0 spiro atoms. The Bertz CT molecular complexity index is 989. The fourth-order valence-corrected chi connectivity index (χ4v) is 3.68. The van der Waals surface area contributed by atoms with Crippen LogP contribution in [0.2, 0.25) is 0 Å². The smallest absolute Gasteiger partial charge is 0.269 e. The third-order valence-corrected chi connectivity index (χ3v) is 5.27. The number of aromatic nitrogens is 4. The predicted octanol–water partition coefficient (Wildman–Crippen LogP) is 3.77. The summed E-state index contributed by atoms with van der Waals surface area (Å²) in [7, 11) is 0. The Labute approximate surface area is 145 Å². The molecule has 3 heterocycles. The summed E-state index contributed by atoms with van der Waals surface area (Å²) in [5.74, 6) is -0.195. The lowest BCUT2D eigenvalue weighted by Gasteiger charge is -2.04. The van der Waals surface area contributed by atoms with Gasteiger partial charge in [-0.15, -0.1) is 5.10 Å². The number of thiazole rings is 1. The van der Waals surface area contributed by atoms with Crippen LogP contribution in [0.5, 0.6) is 0 Å². The largest absolute Gasteiger partial charge is 0.321 e. The molecule has 3 aromatic heterocycles. The number of amides is 1. The van der Waals surface area contributed by atoms with Gasteiger partial charge in [-0.1, -0.05) is 15.8 Å². The van der Waals surface area contributed by atoms with Crippen LogP contribution in [0.1, 0.15) is 15.4 Å². The number of hydrogen-bond donors (Lipinski definition) is 1. The highest BCUT2D eigenvalue weighted by Crippen LogP contribution is 2.29. The molecule has 1 N–H and O–H groups in total. The van der Waals surface area contributed by atoms with Crippen molar-refractivity contribution in [1.82, 2.24) is 19.6 Å². The highest BCUT2D eigenvalue weighted by molar-refractivity contribution is 7.21. The molecule has 0 aliphatic heterocycles. The average molecular weight is 353 g/mol. The standard InChI is InChI=1S/C16H11N5OS2/c1-9-13(24-21-20-9)14(22)18-11-6-4-10(5-7-11)15-19-12-3-2-8-17-16(12)23-15/h2-8H,1H3,(H,18,22). The van der Waals surface area contributed by atoms with Gasteiger partial charge >= 0.3 is 0 Å². The number of anilines is 1. The monoisotopic (exact) mass is 353 g/mol. The number of hydrogen-bond acceptors (Lipinski definition) is 7. The first-order valence-corrected chi connectivity index (χ1v) is 8.72. The second kappa shape index (κ2) is 6.06. The molecule has 4 aromatic rings. The van der Waals surface area contributed by atoms with E-state index in [0.29, 0.717) is 10.6 Å². The molecule has 0 aliphatic carbocycles. The van der Waals surface area contributed by atoms with E-state index in [1.54, 1.807) is 24.5 Å². The highest BCUT2D eigenvalue weighted by atomic mass is 32.1. The fourth-order valence-electron chi connectivity index (χ4n) is 2.22. The molecule has 0 aliphatic rings. The number of aryl methyl sites for hydroxylation is 1. The lowest BCUT2D eigenvalue weighted by atomic mass is 10.2. The van der Waals surface area contributed by atoms with Crippen molar-refractivity contribution in [2.75, 3.05) is 5.32 Å². The van der Waals surface area contributed by atoms with Crippen LogP contribution in [0.15, 0.2) is 42.6 Å². The number of pyridine rings is 1. The molecule has 0 saturated carbocycles. The number of carbonyl (C=O) groups is 1. The van der Waals surface area contributed by atoms with Crippen LogP contribution < -0.4 is 5.32 Å². The molecule has 24 heavy (non-hydrogen) atoms. The summed E-state index contributed by atoms with van der Waals surface area (Å²) < 4.78 is 3.78. The van der Waals surface area contributed by atoms with Crippen molar-refractivity contribution in [2.45, 2.75) is 6.92 Å². The Hall–Kier alpha value is -2.71. The molecule has 0 radical (unpaired) electrons. The molecule has 118 valence electrons. The zero-order valence-electron chi connectivity index (χ0n) is 12.6. The summed E-state index contributed by atoms with van der Waals surface area (Å²) in [5, 5.41) is 7.61. The van der Waals surface area contributed by atoms with Crippen LogP contribution >= 0.6 is 22.9 Å². The minimum Gasteiger partial charge on any atom is -0.321 e. The highest BCUT2D eigenvalue weighted by Gasteiger charge is 2.13. The van der Waals surface area contributed by atoms with Gasteiger partial charge in [-0.05, 0) is 54.9 Å². The van der Waals surface area contributed by atoms with E-state index in [2.05, 4.69) is 24.9 Å². The van der Waals surface area contributed by atoms with Gasteiger partial charge in [0, 0.05) is 17.4 Å². The molecule has 0 bridgehead atoms. The van der Waals surface area contributed by atoms with Gasteiger partial charge in [0.05, 0.1) is 5.69 Å². The zero-order chi connectivity index (χ0) is 16.5. The Morgan fingerprint density at radius 3 is 2.71 bits per heavy atom. The SMILES string of the molecule is Cc1nnsc1C(=O)Nc1ccc(-c2nc3cccnc3s2)cc1. The van der Waals surface area contributed by atoms with Crippen LogP contribution in [0.3, 0.4) is 0 Å². The second-order valence-corrected chi connectivity index (χ2v) is 6.80. The van der Waals surface area contributed by atoms with Crippen LogP contribution in [0.4, 0.5) is 5.69 Å². The average Bonchev–Trinajstić information content (AvgIpc) is 3.21. The first-order chi connectivity index (χ1) is 11.7. The minimum atomic E-state index is -0.195. The molecular weight excluding hydrogens is 342 g/mol. The summed E-state index contributed by atoms with van der Waals surface area (Å²) in [6, 6.07) is 11.4. The molecule has 1 amide bonds. The summed E-state index contributed by atoms with van der Waals surface area (Å²) in [5.41, 5.74) is 3.24. The Balaban J connectivity index is 1.56. The summed E-state index contributed by atoms with van der Waals surface area (Å²) in [6.07, 6.45) is 1.76. The normalized spacial score (nSPS) is 10.9. The van der Waals surface area contributed by atoms with Gasteiger partial charge in [-0.2, -0.15) is 0 Å². The third-order valence-electron chi connectivity index (χ3n) is 3.41. The molecule has 1 aromatic carbocycles. The number of fused-ring (bicyclic) bond motifs is 1. The quantitative estimate of drug-likeness (QED) is 0.606. The Kier molecular flexibility index (Phi) is 3.75. The number of nitrogens with zero attached hydrogens (tertiary/aromatic N) is 4. The number of rotatable bonds is 3. The first kappa shape index (κ1) is 14.9. The van der Waals surface area contributed by atoms with E-state index >= 15 is 0 Å². The van der Waals surface area contributed by atoms with Crippen molar-refractivity contribution in [3.63, 3.8) is 0 Å². The maximum atomic E-state index is 12.2. The van der Waals surface area contributed by atoms with E-state index in [0.717, 1.165) is 38.1 Å². The van der Waals surface area contributed by atoms with Crippen molar-refractivity contribution in [3.05, 3.63) is 53.2 Å². The minimum absolute atomic E-state index is 0.195. The van der Waals surface area contributed by atoms with Gasteiger partial charge in [-0.25, -0.2) is 9.97 Å². The summed E-state index contributed by atoms with van der Waals surface area (Å²) >= 11 is 2.64. The van der Waals surface area contributed by atoms with Crippen LogP contribution in [0, 0.1) is 6.92 Å². The Morgan fingerprint density at radius 2 is 2.00 bits per heavy atom. The number of benzene rings is 1. The van der Waals surface area contributed by atoms with Crippen molar-refractivity contribution >= 4 is 44.8 Å². The lowest BCUT2D eigenvalue weighted by molar-refractivity contribution is 0.103. The molecular formula is C16H11N5OS2. The van der Waals surface area contributed by atoms with Crippen molar-refractivity contribution in [3.8, 4) is 10.6 Å². The summed E-state index contributed by atoms with van der Waals surface area (Å²) in [6.45, 7) is 1.77. The van der Waals surface area contributed by atoms with Gasteiger partial charge in [0.15, 0.2) is 0 Å². The molecule has 0 unspecified atom stereocenters. The van der Waals surface area contributed by atoms with Crippen molar-refractivity contribution in [2.24, 2.45) is 0 Å². The van der Waals surface area contributed by atoms with E-state index in [-0.39, 0.29) is 5.91 Å².